The second kappa shape index (κ2) is 36.0. The number of carboxylic acid groups (broad SMARTS) is 1. The SMILES string of the molecule is O=C(O)CCOCCOCCOCCOCCOCCOCCOCCOCCOCCOCCOCCOCCC(=O)ON1C(=O)CCC1=O. The Morgan fingerprint density at radius 2 is 0.608 bits per heavy atom. The van der Waals surface area contributed by atoms with Gasteiger partial charge in [0.15, 0.2) is 0 Å². The molecule has 1 aliphatic rings. The Morgan fingerprint density at radius 1 is 0.392 bits per heavy atom. The first kappa shape index (κ1) is 46.6. The van der Waals surface area contributed by atoms with Gasteiger partial charge in [-0.15, -0.1) is 5.06 Å². The Kier molecular flexibility index (Phi) is 32.9. The van der Waals surface area contributed by atoms with Crippen LogP contribution < -0.4 is 0 Å². The lowest BCUT2D eigenvalue weighted by atomic mass is 10.4. The van der Waals surface area contributed by atoms with Crippen molar-refractivity contribution in [3.63, 3.8) is 0 Å². The third kappa shape index (κ3) is 32.0. The zero-order valence-corrected chi connectivity index (χ0v) is 29.6. The summed E-state index contributed by atoms with van der Waals surface area (Å²) >= 11 is 0. The van der Waals surface area contributed by atoms with Gasteiger partial charge in [0, 0.05) is 12.8 Å². The van der Waals surface area contributed by atoms with Gasteiger partial charge in [-0.1, -0.05) is 0 Å². The molecular formula is C32H57NO18. The Balaban J connectivity index is 1.64. The molecule has 298 valence electrons. The highest BCUT2D eigenvalue weighted by atomic mass is 16.7. The molecule has 0 atom stereocenters. The quantitative estimate of drug-likeness (QED) is 0.0628. The average Bonchev–Trinajstić information content (AvgIpc) is 3.43. The Labute approximate surface area is 299 Å². The van der Waals surface area contributed by atoms with Crippen molar-refractivity contribution < 1.29 is 86.0 Å². The molecule has 2 amide bonds. The molecule has 51 heavy (non-hydrogen) atoms. The van der Waals surface area contributed by atoms with E-state index in [1.54, 1.807) is 0 Å². The van der Waals surface area contributed by atoms with Crippen LogP contribution >= 0.6 is 0 Å². The zero-order valence-electron chi connectivity index (χ0n) is 29.6. The van der Waals surface area contributed by atoms with Crippen LogP contribution in [-0.2, 0) is 80.9 Å². The second-order valence-electron chi connectivity index (χ2n) is 10.3. The molecule has 1 fully saturated rings. The van der Waals surface area contributed by atoms with Gasteiger partial charge in [-0.3, -0.25) is 14.4 Å². The van der Waals surface area contributed by atoms with Crippen LogP contribution in [0.5, 0.6) is 0 Å². The summed E-state index contributed by atoms with van der Waals surface area (Å²) in [7, 11) is 0. The number of hydroxylamine groups is 2. The predicted octanol–water partition coefficient (Wildman–Crippen LogP) is -0.342. The summed E-state index contributed by atoms with van der Waals surface area (Å²) in [6, 6.07) is 0. The normalized spacial score (nSPS) is 13.1. The maximum absolute atomic E-state index is 11.6. The molecule has 0 aromatic heterocycles. The molecule has 1 saturated heterocycles. The van der Waals surface area contributed by atoms with E-state index in [1.807, 2.05) is 0 Å². The van der Waals surface area contributed by atoms with Crippen LogP contribution in [0.4, 0.5) is 0 Å². The summed E-state index contributed by atoms with van der Waals surface area (Å²) in [6.45, 7) is 9.71. The highest BCUT2D eigenvalue weighted by molar-refractivity contribution is 6.01. The minimum absolute atomic E-state index is 0.0118. The van der Waals surface area contributed by atoms with Crippen molar-refractivity contribution >= 4 is 23.8 Å². The number of rotatable bonds is 40. The van der Waals surface area contributed by atoms with Gasteiger partial charge in [0.1, 0.15) is 0 Å². The second-order valence-corrected chi connectivity index (χ2v) is 10.3. The van der Waals surface area contributed by atoms with E-state index >= 15 is 0 Å². The third-order valence-corrected chi connectivity index (χ3v) is 6.20. The van der Waals surface area contributed by atoms with Crippen molar-refractivity contribution in [1.82, 2.24) is 5.06 Å². The lowest BCUT2D eigenvalue weighted by Gasteiger charge is -2.12. The smallest absolute Gasteiger partial charge is 0.335 e. The first-order chi connectivity index (χ1) is 25.0. The molecule has 0 radical (unpaired) electrons. The number of hydrogen-bond donors (Lipinski definition) is 1. The highest BCUT2D eigenvalue weighted by Gasteiger charge is 2.32. The number of hydrogen-bond acceptors (Lipinski definition) is 17. The number of carbonyl (C=O) groups is 4. The lowest BCUT2D eigenvalue weighted by Crippen LogP contribution is -2.32. The summed E-state index contributed by atoms with van der Waals surface area (Å²) in [4.78, 5) is 49.5. The topological polar surface area (TPSA) is 212 Å². The van der Waals surface area contributed by atoms with Crippen LogP contribution in [0.15, 0.2) is 0 Å². The van der Waals surface area contributed by atoms with Gasteiger partial charge in [0.2, 0.25) is 0 Å². The van der Waals surface area contributed by atoms with Gasteiger partial charge in [-0.2, -0.15) is 0 Å². The number of aliphatic carboxylic acids is 1. The van der Waals surface area contributed by atoms with Crippen LogP contribution in [0, 0.1) is 0 Å². The van der Waals surface area contributed by atoms with E-state index in [-0.39, 0.29) is 45.5 Å². The molecule has 1 N–H and O–H groups in total. The van der Waals surface area contributed by atoms with Crippen molar-refractivity contribution in [2.45, 2.75) is 25.7 Å². The van der Waals surface area contributed by atoms with Crippen LogP contribution in [0.3, 0.4) is 0 Å². The van der Waals surface area contributed by atoms with Crippen molar-refractivity contribution in [2.75, 3.05) is 159 Å². The van der Waals surface area contributed by atoms with E-state index in [2.05, 4.69) is 0 Å². The van der Waals surface area contributed by atoms with Crippen molar-refractivity contribution in [3.05, 3.63) is 0 Å². The maximum Gasteiger partial charge on any atom is 0.335 e. The molecule has 19 nitrogen and oxygen atoms in total. The van der Waals surface area contributed by atoms with Gasteiger partial charge in [-0.05, 0) is 0 Å². The van der Waals surface area contributed by atoms with Gasteiger partial charge in [0.05, 0.1) is 171 Å². The predicted molar refractivity (Wildman–Crippen MR) is 174 cm³/mol. The molecule has 1 aliphatic heterocycles. The molecule has 19 heteroatoms. The van der Waals surface area contributed by atoms with Gasteiger partial charge < -0.3 is 66.8 Å². The van der Waals surface area contributed by atoms with E-state index in [9.17, 15) is 19.2 Å². The van der Waals surface area contributed by atoms with E-state index in [0.29, 0.717) is 144 Å². The molecule has 1 rings (SSSR count). The van der Waals surface area contributed by atoms with Crippen LogP contribution in [0.1, 0.15) is 25.7 Å². The number of ether oxygens (including phenoxy) is 12. The fourth-order valence-corrected chi connectivity index (χ4v) is 3.64. The van der Waals surface area contributed by atoms with Crippen molar-refractivity contribution in [1.29, 1.82) is 0 Å². The van der Waals surface area contributed by atoms with Crippen LogP contribution in [0.25, 0.3) is 0 Å². The lowest BCUT2D eigenvalue weighted by molar-refractivity contribution is -0.198. The number of amides is 2. The van der Waals surface area contributed by atoms with E-state index in [4.69, 9.17) is 66.8 Å². The number of carbonyl (C=O) groups excluding carboxylic acids is 3. The fourth-order valence-electron chi connectivity index (χ4n) is 3.64. The van der Waals surface area contributed by atoms with Gasteiger partial charge in [0.25, 0.3) is 11.8 Å². The molecule has 0 bridgehead atoms. The van der Waals surface area contributed by atoms with E-state index < -0.39 is 23.8 Å². The standard InChI is InChI=1S/C32H57NO18/c34-29-1-2-30(35)33(29)51-32(38)4-6-40-8-10-42-12-14-44-16-18-46-20-22-48-24-26-50-28-27-49-25-23-47-21-19-45-17-15-43-13-11-41-9-7-39-5-3-31(36)37/h1-28H2,(H,36,37). The first-order valence-corrected chi connectivity index (χ1v) is 17.2. The Hall–Kier alpha value is -2.40. The highest BCUT2D eigenvalue weighted by Crippen LogP contribution is 2.12. The number of nitrogens with zero attached hydrogens (tertiary/aromatic N) is 1. The van der Waals surface area contributed by atoms with E-state index in [1.165, 1.54) is 0 Å². The molecule has 0 unspecified atom stereocenters. The summed E-state index contributed by atoms with van der Waals surface area (Å²) in [5.74, 6) is -2.62. The Bertz CT molecular complexity index is 850. The molecule has 0 saturated carbocycles. The van der Waals surface area contributed by atoms with E-state index in [0.717, 1.165) is 0 Å². The molecular weight excluding hydrogens is 686 g/mol. The number of imide groups is 1. The molecule has 1 heterocycles. The largest absolute Gasteiger partial charge is 0.481 e. The molecule has 0 aliphatic carbocycles. The minimum Gasteiger partial charge on any atom is -0.481 e. The summed E-state index contributed by atoms with van der Waals surface area (Å²) in [5.41, 5.74) is 0. The average molecular weight is 744 g/mol. The first-order valence-electron chi connectivity index (χ1n) is 17.2. The third-order valence-electron chi connectivity index (χ3n) is 6.20. The monoisotopic (exact) mass is 743 g/mol. The van der Waals surface area contributed by atoms with Gasteiger partial charge >= 0.3 is 11.9 Å². The number of carboxylic acids is 1. The molecule has 0 aromatic carbocycles. The minimum atomic E-state index is -0.883. The van der Waals surface area contributed by atoms with Crippen LogP contribution in [0.2, 0.25) is 0 Å². The summed E-state index contributed by atoms with van der Waals surface area (Å²) in [6.07, 6.45) is 0.0184. The fraction of sp³-hybridized carbons (Fsp3) is 0.875. The van der Waals surface area contributed by atoms with Crippen molar-refractivity contribution in [3.8, 4) is 0 Å². The molecule has 0 aromatic rings. The zero-order chi connectivity index (χ0) is 36.9. The van der Waals surface area contributed by atoms with Crippen molar-refractivity contribution in [2.24, 2.45) is 0 Å². The van der Waals surface area contributed by atoms with Gasteiger partial charge in [-0.25, -0.2) is 4.79 Å². The maximum atomic E-state index is 11.6. The molecule has 0 spiro atoms. The Morgan fingerprint density at radius 3 is 0.843 bits per heavy atom. The summed E-state index contributed by atoms with van der Waals surface area (Å²) < 4.78 is 64.5. The summed E-state index contributed by atoms with van der Waals surface area (Å²) in [5, 5.41) is 9.00. The van der Waals surface area contributed by atoms with Crippen LogP contribution in [-0.4, -0.2) is 192 Å².